The van der Waals surface area contributed by atoms with Gasteiger partial charge in [-0.25, -0.2) is 14.5 Å². The SMILES string of the molecule is Cc1cnc2sc3ccc(Oc4ccc(CNC(=O)Nc5cc(C(C)(C)C)nn5-c5ccc(O)c(Cl)c5)cc4)cc3n12. The van der Waals surface area contributed by atoms with Gasteiger partial charge in [0.25, 0.3) is 0 Å². The van der Waals surface area contributed by atoms with Gasteiger partial charge in [0.05, 0.1) is 26.6 Å². The van der Waals surface area contributed by atoms with E-state index in [0.717, 1.165) is 37.9 Å². The lowest BCUT2D eigenvalue weighted by Gasteiger charge is -2.14. The molecule has 2 amide bonds. The molecule has 0 radical (unpaired) electrons. The van der Waals surface area contributed by atoms with E-state index in [1.165, 1.54) is 6.07 Å². The van der Waals surface area contributed by atoms with Crippen LogP contribution in [0.2, 0.25) is 5.02 Å². The summed E-state index contributed by atoms with van der Waals surface area (Å²) in [5.74, 6) is 1.89. The normalized spacial score (nSPS) is 11.7. The van der Waals surface area contributed by atoms with E-state index in [9.17, 15) is 9.90 Å². The third kappa shape index (κ3) is 5.50. The van der Waals surface area contributed by atoms with Crippen molar-refractivity contribution in [1.29, 1.82) is 0 Å². The van der Waals surface area contributed by atoms with Crippen molar-refractivity contribution in [2.75, 3.05) is 5.32 Å². The number of rotatable bonds is 6. The van der Waals surface area contributed by atoms with Gasteiger partial charge in [0.15, 0.2) is 4.96 Å². The first-order valence-electron chi connectivity index (χ1n) is 13.3. The highest BCUT2D eigenvalue weighted by Gasteiger charge is 2.22. The molecule has 6 rings (SSSR count). The van der Waals surface area contributed by atoms with Gasteiger partial charge in [-0.3, -0.25) is 9.72 Å². The molecule has 214 valence electrons. The molecule has 3 heterocycles. The molecular weight excluding hydrogens is 572 g/mol. The maximum atomic E-state index is 12.9. The number of phenols is 1. The Morgan fingerprint density at radius 3 is 2.55 bits per heavy atom. The summed E-state index contributed by atoms with van der Waals surface area (Å²) in [7, 11) is 0. The molecule has 9 nitrogen and oxygen atoms in total. The van der Waals surface area contributed by atoms with E-state index in [2.05, 4.69) is 25.1 Å². The minimum atomic E-state index is -0.382. The van der Waals surface area contributed by atoms with Crippen molar-refractivity contribution in [1.82, 2.24) is 24.5 Å². The smallest absolute Gasteiger partial charge is 0.320 e. The monoisotopic (exact) mass is 600 g/mol. The summed E-state index contributed by atoms with van der Waals surface area (Å²) in [4.78, 5) is 18.3. The molecule has 11 heteroatoms. The molecule has 0 saturated carbocycles. The largest absolute Gasteiger partial charge is 0.506 e. The van der Waals surface area contributed by atoms with E-state index in [-0.39, 0.29) is 22.2 Å². The van der Waals surface area contributed by atoms with E-state index in [1.807, 2.05) is 82.4 Å². The number of fused-ring (bicyclic) bond motifs is 3. The van der Waals surface area contributed by atoms with Crippen molar-refractivity contribution in [2.24, 2.45) is 0 Å². The van der Waals surface area contributed by atoms with Crippen LogP contribution in [-0.2, 0) is 12.0 Å². The minimum Gasteiger partial charge on any atom is -0.506 e. The number of phenolic OH excluding ortho intramolecular Hbond substituents is 1. The first-order valence-corrected chi connectivity index (χ1v) is 14.5. The first-order chi connectivity index (χ1) is 20.0. The molecule has 0 aliphatic carbocycles. The van der Waals surface area contributed by atoms with E-state index >= 15 is 0 Å². The molecule has 3 N–H and O–H groups in total. The topological polar surface area (TPSA) is 106 Å². The molecule has 0 aliphatic heterocycles. The summed E-state index contributed by atoms with van der Waals surface area (Å²) in [5, 5.41) is 20.5. The number of benzene rings is 3. The lowest BCUT2D eigenvalue weighted by molar-refractivity contribution is 0.251. The molecule has 0 atom stereocenters. The van der Waals surface area contributed by atoms with E-state index in [4.69, 9.17) is 16.3 Å². The van der Waals surface area contributed by atoms with Crippen molar-refractivity contribution in [3.63, 3.8) is 0 Å². The number of carbonyl (C=O) groups is 1. The van der Waals surface area contributed by atoms with Crippen LogP contribution in [-0.4, -0.2) is 30.3 Å². The lowest BCUT2D eigenvalue weighted by atomic mass is 9.92. The van der Waals surface area contributed by atoms with Crippen molar-refractivity contribution in [3.05, 3.63) is 94.9 Å². The first kappa shape index (κ1) is 27.6. The van der Waals surface area contributed by atoms with Crippen LogP contribution in [0.5, 0.6) is 17.2 Å². The maximum absolute atomic E-state index is 12.9. The lowest BCUT2D eigenvalue weighted by Crippen LogP contribution is -2.29. The fourth-order valence-corrected chi connectivity index (χ4v) is 5.72. The minimum absolute atomic E-state index is 0.0261. The van der Waals surface area contributed by atoms with Crippen molar-refractivity contribution >= 4 is 50.0 Å². The van der Waals surface area contributed by atoms with Gasteiger partial charge in [0, 0.05) is 36.0 Å². The molecular formula is C31H29ClN6O3S. The van der Waals surface area contributed by atoms with Crippen LogP contribution in [0, 0.1) is 6.92 Å². The van der Waals surface area contributed by atoms with Gasteiger partial charge in [-0.2, -0.15) is 5.10 Å². The number of aromatic hydroxyl groups is 1. The number of hydrogen-bond acceptors (Lipinski definition) is 6. The van der Waals surface area contributed by atoms with Crippen LogP contribution < -0.4 is 15.4 Å². The fraction of sp³-hybridized carbons (Fsp3) is 0.194. The van der Waals surface area contributed by atoms with Gasteiger partial charge in [0.1, 0.15) is 23.1 Å². The third-order valence-electron chi connectivity index (χ3n) is 6.79. The number of nitrogens with one attached hydrogen (secondary N) is 2. The summed E-state index contributed by atoms with van der Waals surface area (Å²) >= 11 is 7.78. The van der Waals surface area contributed by atoms with Crippen LogP contribution in [0.4, 0.5) is 10.6 Å². The quantitative estimate of drug-likeness (QED) is 0.181. The summed E-state index contributed by atoms with van der Waals surface area (Å²) in [6.07, 6.45) is 1.87. The van der Waals surface area contributed by atoms with Crippen molar-refractivity contribution in [2.45, 2.75) is 39.7 Å². The van der Waals surface area contributed by atoms with Crippen LogP contribution in [0.3, 0.4) is 0 Å². The molecule has 0 bridgehead atoms. The Balaban J connectivity index is 1.12. The van der Waals surface area contributed by atoms with Crippen molar-refractivity contribution in [3.8, 4) is 22.9 Å². The molecule has 3 aromatic carbocycles. The molecule has 3 aromatic heterocycles. The number of ether oxygens (including phenoxy) is 1. The number of imidazole rings is 1. The molecule has 0 saturated heterocycles. The summed E-state index contributed by atoms with van der Waals surface area (Å²) in [6, 6.07) is 19.8. The van der Waals surface area contributed by atoms with Gasteiger partial charge in [0.2, 0.25) is 0 Å². The molecule has 0 unspecified atom stereocenters. The molecule has 0 fully saturated rings. The Bertz CT molecular complexity index is 1930. The molecule has 0 aliphatic rings. The maximum Gasteiger partial charge on any atom is 0.320 e. The van der Waals surface area contributed by atoms with Crippen LogP contribution >= 0.6 is 22.9 Å². The number of anilines is 1. The number of carbonyl (C=O) groups excluding carboxylic acids is 1. The number of urea groups is 1. The zero-order chi connectivity index (χ0) is 29.6. The van der Waals surface area contributed by atoms with Crippen molar-refractivity contribution < 1.29 is 14.6 Å². The Labute approximate surface area is 251 Å². The average Bonchev–Trinajstić information content (AvgIpc) is 3.64. The molecule has 42 heavy (non-hydrogen) atoms. The zero-order valence-corrected chi connectivity index (χ0v) is 25.0. The highest BCUT2D eigenvalue weighted by molar-refractivity contribution is 7.23. The van der Waals surface area contributed by atoms with E-state index in [0.29, 0.717) is 23.8 Å². The second kappa shape index (κ2) is 10.7. The third-order valence-corrected chi connectivity index (χ3v) is 8.12. The summed E-state index contributed by atoms with van der Waals surface area (Å²) in [5.41, 5.74) is 4.22. The second-order valence-electron chi connectivity index (χ2n) is 11.0. The van der Waals surface area contributed by atoms with Gasteiger partial charge in [-0.05, 0) is 55.0 Å². The average molecular weight is 601 g/mol. The number of hydrogen-bond donors (Lipinski definition) is 3. The predicted octanol–water partition coefficient (Wildman–Crippen LogP) is 7.81. The van der Waals surface area contributed by atoms with Gasteiger partial charge in [-0.1, -0.05) is 55.8 Å². The Morgan fingerprint density at radius 1 is 1.05 bits per heavy atom. The Kier molecular flexibility index (Phi) is 7.04. The van der Waals surface area contributed by atoms with Crippen LogP contribution in [0.15, 0.2) is 72.9 Å². The molecule has 6 aromatic rings. The molecule has 0 spiro atoms. The number of thiazole rings is 1. The number of amides is 2. The number of nitrogens with zero attached hydrogens (tertiary/aromatic N) is 4. The second-order valence-corrected chi connectivity index (χ2v) is 12.4. The summed E-state index contributed by atoms with van der Waals surface area (Å²) in [6.45, 7) is 8.48. The number of aryl methyl sites for hydroxylation is 1. The van der Waals surface area contributed by atoms with Crippen LogP contribution in [0.1, 0.15) is 37.7 Å². The van der Waals surface area contributed by atoms with E-state index in [1.54, 1.807) is 28.2 Å². The van der Waals surface area contributed by atoms with Crippen LogP contribution in [0.25, 0.3) is 20.9 Å². The fourth-order valence-electron chi connectivity index (χ4n) is 4.52. The van der Waals surface area contributed by atoms with Gasteiger partial charge in [-0.15, -0.1) is 0 Å². The predicted molar refractivity (Wildman–Crippen MR) is 167 cm³/mol. The number of aromatic nitrogens is 4. The Hall–Kier alpha value is -4.54. The number of halogens is 1. The highest BCUT2D eigenvalue weighted by atomic mass is 35.5. The standard InChI is InChI=1S/C31H29ClN6O3S/c1-18-16-34-30-37(18)24-14-22(10-12-26(24)42-30)41-21-8-5-19(6-9-21)17-33-29(40)35-28-15-27(31(2,3)4)36-38(28)20-7-11-25(39)23(32)13-20/h5-16,39H,17H2,1-4H3,(H2,33,35,40). The Morgan fingerprint density at radius 2 is 1.81 bits per heavy atom. The zero-order valence-electron chi connectivity index (χ0n) is 23.5. The van der Waals surface area contributed by atoms with Gasteiger partial charge >= 0.3 is 6.03 Å². The summed E-state index contributed by atoms with van der Waals surface area (Å²) < 4.78 is 11.0. The highest BCUT2D eigenvalue weighted by Crippen LogP contribution is 2.32. The van der Waals surface area contributed by atoms with Gasteiger partial charge < -0.3 is 15.2 Å². The van der Waals surface area contributed by atoms with E-state index < -0.39 is 0 Å².